The van der Waals surface area contributed by atoms with Gasteiger partial charge in [-0.1, -0.05) is 94.9 Å². The Kier molecular flexibility index (Phi) is 29.3. The van der Waals surface area contributed by atoms with Gasteiger partial charge in [0.2, 0.25) is 0 Å². The van der Waals surface area contributed by atoms with Gasteiger partial charge in [0.15, 0.2) is 18.0 Å². The minimum atomic E-state index is -1.94. The first-order valence-electron chi connectivity index (χ1n) is 34.1. The lowest BCUT2D eigenvalue weighted by Gasteiger charge is -2.38. The molecule has 0 saturated carbocycles. The van der Waals surface area contributed by atoms with Crippen LogP contribution in [0.5, 0.6) is 0 Å². The molecule has 0 spiro atoms. The molecule has 2 amide bonds. The monoisotopic (exact) mass is 1600 g/mol. The maximum Gasteiger partial charge on any atom is 0.373 e. The Morgan fingerprint density at radius 3 is 1.46 bits per heavy atom. The van der Waals surface area contributed by atoms with Crippen LogP contribution in [0.1, 0.15) is 53.7 Å². The molecule has 16 N–H and O–H groups in total. The number of aliphatic imine (C=N–C) groups is 2. The molecule has 0 radical (unpaired) electrons. The first-order valence-corrected chi connectivity index (χ1v) is 35.6. The lowest BCUT2D eigenvalue weighted by molar-refractivity contribution is -0.193. The van der Waals surface area contributed by atoms with E-state index in [4.69, 9.17) is 98.7 Å². The molecule has 35 heteroatoms. The lowest BCUT2D eigenvalue weighted by atomic mass is 9.84. The van der Waals surface area contributed by atoms with E-state index in [1.54, 1.807) is 60.7 Å². The van der Waals surface area contributed by atoms with E-state index in [0.29, 0.717) is 66.9 Å². The molecule has 112 heavy (non-hydrogen) atoms. The fourth-order valence-electron chi connectivity index (χ4n) is 12.6. The Morgan fingerprint density at radius 2 is 0.991 bits per heavy atom. The van der Waals surface area contributed by atoms with Crippen LogP contribution in [0, 0.1) is 0 Å². The second-order valence-electron chi connectivity index (χ2n) is 25.4. The van der Waals surface area contributed by atoms with Crippen LogP contribution in [0.3, 0.4) is 0 Å². The van der Waals surface area contributed by atoms with Gasteiger partial charge < -0.3 is 88.5 Å². The van der Waals surface area contributed by atoms with Crippen LogP contribution in [0.15, 0.2) is 180 Å². The summed E-state index contributed by atoms with van der Waals surface area (Å²) >= 11 is 25.2. The molecule has 580 valence electrons. The van der Waals surface area contributed by atoms with Gasteiger partial charge in [-0.15, -0.1) is 0 Å². The molecular formula is C77H74Cl4N16O15. The van der Waals surface area contributed by atoms with Crippen molar-refractivity contribution in [2.75, 3.05) is 92.6 Å². The van der Waals surface area contributed by atoms with Gasteiger partial charge in [0.1, 0.15) is 18.3 Å². The number of carboxylic acids is 2. The van der Waals surface area contributed by atoms with Gasteiger partial charge in [-0.2, -0.15) is 29.2 Å². The Labute approximate surface area is 659 Å². The molecule has 0 aliphatic carbocycles. The Balaban J connectivity index is 0.000000187. The number of hydrogen-bond donors (Lipinski definition) is 12. The van der Waals surface area contributed by atoms with Gasteiger partial charge in [0.05, 0.1) is 40.2 Å². The number of anilines is 4. The number of nitrogens with two attached hydrogens (primary N) is 4. The number of amides is 2. The number of halogens is 4. The van der Waals surface area contributed by atoms with Crippen molar-refractivity contribution in [1.82, 2.24) is 29.7 Å². The van der Waals surface area contributed by atoms with Crippen LogP contribution in [0.25, 0.3) is 44.3 Å². The molecule has 3 aliphatic heterocycles. The van der Waals surface area contributed by atoms with E-state index in [1.807, 2.05) is 84.9 Å². The van der Waals surface area contributed by atoms with Crippen LogP contribution in [0.4, 0.5) is 34.6 Å². The molecule has 5 heterocycles. The molecule has 3 aliphatic rings. The van der Waals surface area contributed by atoms with Gasteiger partial charge in [0.25, 0.3) is 23.7 Å². The third-order valence-corrected chi connectivity index (χ3v) is 19.1. The highest BCUT2D eigenvalue weighted by molar-refractivity contribution is 6.35. The van der Waals surface area contributed by atoms with Crippen molar-refractivity contribution in [3.63, 3.8) is 0 Å². The third-order valence-electron chi connectivity index (χ3n) is 18.0. The number of carbonyl (C=O) groups is 4. The summed E-state index contributed by atoms with van der Waals surface area (Å²) in [5.41, 5.74) is 33.9. The molecule has 8 aromatic carbocycles. The number of likely N-dealkylation sites (N-methyl/N-ethyl adjacent to an activating group) is 1. The van der Waals surface area contributed by atoms with Crippen molar-refractivity contribution in [3.8, 4) is 22.5 Å². The normalized spacial score (nSPS) is 14.8. The van der Waals surface area contributed by atoms with Gasteiger partial charge in [-0.05, 0) is 145 Å². The summed E-state index contributed by atoms with van der Waals surface area (Å²) in [5, 5.41) is 73.5. The summed E-state index contributed by atoms with van der Waals surface area (Å²) < 4.78 is 0. The number of aromatic nitrogens is 4. The highest BCUT2D eigenvalue weighted by Gasteiger charge is 2.37. The number of aliphatic hydroxyl groups is 5. The molecule has 10 aromatic rings. The van der Waals surface area contributed by atoms with Crippen LogP contribution in [-0.2, 0) is 30.5 Å². The zero-order valence-electron chi connectivity index (χ0n) is 59.5. The summed E-state index contributed by atoms with van der Waals surface area (Å²) in [5.74, 6) is -2.98. The average Bonchev–Trinajstić information content (AvgIpc) is 0.786. The quantitative estimate of drug-likeness (QED) is 0.0317. The fourth-order valence-corrected chi connectivity index (χ4v) is 13.5. The van der Waals surface area contributed by atoms with Crippen LogP contribution in [-0.4, -0.2) is 210 Å². The minimum absolute atomic E-state index is 0.0698. The number of aliphatic hydroxyl groups excluding tert-OH is 5. The largest absolute Gasteiger partial charge is 0.478 e. The smallest absolute Gasteiger partial charge is 0.373 e. The number of carbonyl (C=O) groups excluding carboxylic acids is 6. The van der Waals surface area contributed by atoms with Crippen molar-refractivity contribution in [2.45, 2.75) is 36.9 Å². The average molecular weight is 1610 g/mol. The fraction of sp³-hybridized carbons (Fsp3) is 0.221. The number of rotatable bonds is 17. The number of nitrogens with one attached hydrogen (secondary N) is 1. The standard InChI is InChI=1S/C26H24ClN7O2.C25H30ClN7O6.C24H20Cl2N2O3.2CO2/c27-18-6-9-22-21(15-18)23(31-26(30-22)32-25(28)29)16-4-7-19(8-5-16)33-10-12-34(13-11-33)20-3-1-2-17(14-20)24(35)36;26-14-3-6-17-16(11-14)19(30-25(29-17)31-24(27)28)13-1-4-15(5-2-13)32-7-9-33(10-8-32)23(39)22(38)21(37)20(36)18(35)12-34;1-28-12-20(19-10-17(25)11-22(26)21(19)13-28)14-5-7-18(8-6-14)27-23(29)15-3-2-4-16(9-15)24(30)31;2*2-1-3/h1-9,14-15H,10-13H2,(H,35,36)(H4,28,29,30,31,32);1-6,11,18,20-22,34-38H,7-10,12H2,(H4,27,28,29,30,31);2-11,20H,12-13H2,1H3,(H,27,29)(H,30,31);;/t;18-,20-,21+,22-;;;/m.0.../s1. The summed E-state index contributed by atoms with van der Waals surface area (Å²) in [6, 6.07) is 50.8. The number of nitrogens with zero attached hydrogens (tertiary/aromatic N) is 11. The van der Waals surface area contributed by atoms with Gasteiger partial charge in [-0.25, -0.2) is 29.5 Å². The van der Waals surface area contributed by atoms with E-state index in [0.717, 1.165) is 94.9 Å². The third kappa shape index (κ3) is 21.7. The number of hydrogen-bond acceptors (Lipinski definition) is 23. The first-order chi connectivity index (χ1) is 53.6. The molecule has 13 rings (SSSR count). The van der Waals surface area contributed by atoms with E-state index in [2.05, 4.69) is 74.0 Å². The van der Waals surface area contributed by atoms with Gasteiger partial charge in [-0.3, -0.25) is 9.59 Å². The van der Waals surface area contributed by atoms with Crippen LogP contribution >= 0.6 is 46.4 Å². The molecular weight excluding hydrogens is 1530 g/mol. The van der Waals surface area contributed by atoms with Crippen molar-refractivity contribution in [2.24, 2.45) is 32.9 Å². The Morgan fingerprint density at radius 1 is 0.536 bits per heavy atom. The Hall–Kier alpha value is -12.1. The number of piperazine rings is 2. The van der Waals surface area contributed by atoms with E-state index >= 15 is 0 Å². The highest BCUT2D eigenvalue weighted by Crippen LogP contribution is 2.40. The number of guanidine groups is 2. The molecule has 2 aromatic heterocycles. The number of fused-ring (bicyclic) bond motifs is 3. The second kappa shape index (κ2) is 39.0. The van der Waals surface area contributed by atoms with Gasteiger partial charge in [0, 0.05) is 142 Å². The number of aromatic carboxylic acids is 2. The molecule has 2 fully saturated rings. The molecule has 5 atom stereocenters. The predicted octanol–water partition coefficient (Wildman–Crippen LogP) is 7.17. The summed E-state index contributed by atoms with van der Waals surface area (Å²) in [6.45, 7) is 5.43. The summed E-state index contributed by atoms with van der Waals surface area (Å²) in [7, 11) is 2.06. The van der Waals surface area contributed by atoms with E-state index in [9.17, 15) is 44.7 Å². The van der Waals surface area contributed by atoms with Crippen molar-refractivity contribution in [3.05, 3.63) is 223 Å². The zero-order chi connectivity index (χ0) is 81.0. The van der Waals surface area contributed by atoms with Crippen LogP contribution in [0.2, 0.25) is 20.1 Å². The van der Waals surface area contributed by atoms with Crippen LogP contribution < -0.4 is 43.0 Å². The van der Waals surface area contributed by atoms with Crippen molar-refractivity contribution < 1.29 is 74.1 Å². The number of benzene rings is 8. The molecule has 2 saturated heterocycles. The number of carboxylic acid groups (broad SMARTS) is 2. The maximum absolute atomic E-state index is 12.6. The minimum Gasteiger partial charge on any atom is -0.478 e. The van der Waals surface area contributed by atoms with Crippen molar-refractivity contribution >= 4 is 151 Å². The van der Waals surface area contributed by atoms with E-state index in [-0.39, 0.29) is 72.2 Å². The predicted molar refractivity (Wildman–Crippen MR) is 421 cm³/mol. The van der Waals surface area contributed by atoms with E-state index < -0.39 is 48.9 Å². The lowest BCUT2D eigenvalue weighted by Crippen LogP contribution is -2.56. The SMILES string of the molecule is CN1Cc2c(Cl)cc(Cl)cc2C(c2ccc(NC(=O)c3cccc(C(=O)O)c3)cc2)C1.NC(N)=Nc1nc(-c2ccc(N3CCN(C(=O)[C@@H](O)[C@H](O)[C@@H](O)[C@@H](O)CO)CC3)cc2)c2cc(Cl)ccc2n1.NC(N)=Nc1nc(-c2ccc(N3CCN(c4cccc(C(=O)O)c4)CC3)cc2)c2cc(Cl)ccc2n1.O=C=O.O=C=O. The highest BCUT2D eigenvalue weighted by atomic mass is 35.5. The molecule has 0 bridgehead atoms. The summed E-state index contributed by atoms with van der Waals surface area (Å²) in [4.78, 5) is 116. The van der Waals surface area contributed by atoms with E-state index in [1.165, 1.54) is 17.0 Å². The first kappa shape index (κ1) is 84.0. The molecule has 31 nitrogen and oxygen atoms in total. The van der Waals surface area contributed by atoms with Gasteiger partial charge >= 0.3 is 24.2 Å². The topological polar surface area (TPSA) is 487 Å². The maximum atomic E-state index is 12.6. The Bertz CT molecular complexity index is 5160. The molecule has 1 unspecified atom stereocenters. The second-order valence-corrected chi connectivity index (χ2v) is 27.1. The van der Waals surface area contributed by atoms with Crippen molar-refractivity contribution in [1.29, 1.82) is 0 Å². The zero-order valence-corrected chi connectivity index (χ0v) is 62.5. The summed E-state index contributed by atoms with van der Waals surface area (Å²) in [6.07, 6.45) is -6.93.